The van der Waals surface area contributed by atoms with E-state index in [4.69, 9.17) is 11.0 Å². The summed E-state index contributed by atoms with van der Waals surface area (Å²) >= 11 is 0. The number of nitriles is 1. The van der Waals surface area contributed by atoms with E-state index in [1.165, 1.54) is 0 Å². The summed E-state index contributed by atoms with van der Waals surface area (Å²) in [7, 11) is 1.87. The molecule has 4 nitrogen and oxygen atoms in total. The Labute approximate surface area is 77.6 Å². The van der Waals surface area contributed by atoms with Crippen LogP contribution in [-0.2, 0) is 0 Å². The van der Waals surface area contributed by atoms with Crippen LogP contribution in [0.2, 0.25) is 0 Å². The lowest BCUT2D eigenvalue weighted by Gasteiger charge is -2.17. The topological polar surface area (TPSA) is 65.9 Å². The predicted molar refractivity (Wildman–Crippen MR) is 52.1 cm³/mol. The number of pyridine rings is 1. The number of nitrogen functional groups attached to an aromatic ring is 1. The van der Waals surface area contributed by atoms with Gasteiger partial charge in [-0.05, 0) is 12.1 Å². The molecule has 0 aliphatic rings. The highest BCUT2D eigenvalue weighted by molar-refractivity contribution is 5.61. The summed E-state index contributed by atoms with van der Waals surface area (Å²) < 4.78 is 0. The molecule has 0 aliphatic carbocycles. The van der Waals surface area contributed by atoms with Crippen LogP contribution in [0.5, 0.6) is 0 Å². The van der Waals surface area contributed by atoms with Crippen LogP contribution >= 0.6 is 0 Å². The lowest BCUT2D eigenvalue weighted by molar-refractivity contribution is 0.887. The fraction of sp³-hybridized carbons (Fsp3) is 0.333. The van der Waals surface area contributed by atoms with Crippen LogP contribution in [0.15, 0.2) is 18.3 Å². The van der Waals surface area contributed by atoms with Crippen molar-refractivity contribution in [3.63, 3.8) is 0 Å². The van der Waals surface area contributed by atoms with Crippen LogP contribution in [0.25, 0.3) is 0 Å². The second-order valence-corrected chi connectivity index (χ2v) is 2.75. The Hall–Kier alpha value is -1.76. The molecule has 0 saturated carbocycles. The summed E-state index contributed by atoms with van der Waals surface area (Å²) in [6, 6.07) is 5.66. The first kappa shape index (κ1) is 9.33. The van der Waals surface area contributed by atoms with Crippen molar-refractivity contribution in [2.24, 2.45) is 0 Å². The third-order valence-corrected chi connectivity index (χ3v) is 1.74. The van der Waals surface area contributed by atoms with Crippen molar-refractivity contribution in [2.45, 2.75) is 6.42 Å². The summed E-state index contributed by atoms with van der Waals surface area (Å²) in [6.07, 6.45) is 2.17. The van der Waals surface area contributed by atoms with Crippen molar-refractivity contribution in [1.82, 2.24) is 4.98 Å². The first-order valence-corrected chi connectivity index (χ1v) is 4.04. The Balaban J connectivity index is 2.72. The van der Waals surface area contributed by atoms with Gasteiger partial charge in [-0.2, -0.15) is 5.26 Å². The van der Waals surface area contributed by atoms with Gasteiger partial charge in [0.1, 0.15) is 0 Å². The summed E-state index contributed by atoms with van der Waals surface area (Å²) in [6.45, 7) is 0.651. The van der Waals surface area contributed by atoms with E-state index in [2.05, 4.69) is 11.1 Å². The maximum absolute atomic E-state index is 8.40. The van der Waals surface area contributed by atoms with Crippen LogP contribution < -0.4 is 10.6 Å². The first-order valence-electron chi connectivity index (χ1n) is 4.04. The zero-order chi connectivity index (χ0) is 9.68. The average Bonchev–Trinajstić information content (AvgIpc) is 2.15. The third kappa shape index (κ3) is 2.34. The summed E-state index contributed by atoms with van der Waals surface area (Å²) in [5.74, 6) is 0.734. The largest absolute Gasteiger partial charge is 0.396 e. The Kier molecular flexibility index (Phi) is 3.09. The van der Waals surface area contributed by atoms with E-state index in [1.807, 2.05) is 11.9 Å². The molecule has 1 rings (SSSR count). The van der Waals surface area contributed by atoms with E-state index in [0.717, 1.165) is 5.82 Å². The van der Waals surface area contributed by atoms with E-state index in [-0.39, 0.29) is 0 Å². The normalized spacial score (nSPS) is 9.23. The molecule has 1 aromatic rings. The molecule has 0 spiro atoms. The number of hydrogen-bond donors (Lipinski definition) is 1. The van der Waals surface area contributed by atoms with Crippen molar-refractivity contribution in [2.75, 3.05) is 24.2 Å². The minimum absolute atomic E-state index is 0.479. The molecule has 0 radical (unpaired) electrons. The van der Waals surface area contributed by atoms with Gasteiger partial charge in [0.15, 0.2) is 5.82 Å². The van der Waals surface area contributed by atoms with Gasteiger partial charge in [0.2, 0.25) is 0 Å². The van der Waals surface area contributed by atoms with Gasteiger partial charge >= 0.3 is 0 Å². The fourth-order valence-corrected chi connectivity index (χ4v) is 1.05. The van der Waals surface area contributed by atoms with Crippen molar-refractivity contribution in [1.29, 1.82) is 5.26 Å². The highest BCUT2D eigenvalue weighted by Gasteiger charge is 2.04. The fourth-order valence-electron chi connectivity index (χ4n) is 1.05. The number of hydrogen-bond acceptors (Lipinski definition) is 4. The SMILES string of the molecule is CN(CCC#N)c1ncccc1N. The molecule has 0 fully saturated rings. The molecule has 68 valence electrons. The Morgan fingerprint density at radius 2 is 2.46 bits per heavy atom. The van der Waals surface area contributed by atoms with Crippen molar-refractivity contribution >= 4 is 11.5 Å². The molecule has 0 bridgehead atoms. The van der Waals surface area contributed by atoms with Gasteiger partial charge in [-0.1, -0.05) is 0 Å². The molecular formula is C9H12N4. The lowest BCUT2D eigenvalue weighted by atomic mass is 10.3. The van der Waals surface area contributed by atoms with Gasteiger partial charge in [0.05, 0.1) is 18.2 Å². The van der Waals surface area contributed by atoms with Crippen LogP contribution in [0.4, 0.5) is 11.5 Å². The Morgan fingerprint density at radius 3 is 3.08 bits per heavy atom. The summed E-state index contributed by atoms with van der Waals surface area (Å²) in [5.41, 5.74) is 6.35. The molecule has 4 heteroatoms. The van der Waals surface area contributed by atoms with Gasteiger partial charge < -0.3 is 10.6 Å². The molecule has 0 atom stereocenters. The van der Waals surface area contributed by atoms with Gasteiger partial charge in [-0.25, -0.2) is 4.98 Å². The molecule has 13 heavy (non-hydrogen) atoms. The summed E-state index contributed by atoms with van der Waals surface area (Å²) in [5, 5.41) is 8.40. The molecule has 0 aliphatic heterocycles. The molecule has 1 heterocycles. The van der Waals surface area contributed by atoms with Crippen molar-refractivity contribution < 1.29 is 0 Å². The highest BCUT2D eigenvalue weighted by Crippen LogP contribution is 2.17. The maximum atomic E-state index is 8.40. The van der Waals surface area contributed by atoms with Gasteiger partial charge in [-0.15, -0.1) is 0 Å². The number of nitrogens with two attached hydrogens (primary N) is 1. The second-order valence-electron chi connectivity index (χ2n) is 2.75. The third-order valence-electron chi connectivity index (χ3n) is 1.74. The minimum atomic E-state index is 0.479. The Morgan fingerprint density at radius 1 is 1.69 bits per heavy atom. The van der Waals surface area contributed by atoms with E-state index in [1.54, 1.807) is 18.3 Å². The molecule has 0 unspecified atom stereocenters. The molecule has 0 aromatic carbocycles. The quantitative estimate of drug-likeness (QED) is 0.746. The van der Waals surface area contributed by atoms with Gasteiger partial charge in [0, 0.05) is 19.8 Å². The van der Waals surface area contributed by atoms with Crippen molar-refractivity contribution in [3.8, 4) is 6.07 Å². The maximum Gasteiger partial charge on any atom is 0.151 e. The number of nitrogens with zero attached hydrogens (tertiary/aromatic N) is 3. The van der Waals surface area contributed by atoms with Crippen LogP contribution in [0.3, 0.4) is 0 Å². The van der Waals surface area contributed by atoms with Gasteiger partial charge in [0.25, 0.3) is 0 Å². The molecule has 2 N–H and O–H groups in total. The zero-order valence-electron chi connectivity index (χ0n) is 7.57. The first-order chi connectivity index (χ1) is 6.25. The van der Waals surface area contributed by atoms with Crippen molar-refractivity contribution in [3.05, 3.63) is 18.3 Å². The summed E-state index contributed by atoms with van der Waals surface area (Å²) in [4.78, 5) is 6.00. The van der Waals surface area contributed by atoms with E-state index in [9.17, 15) is 0 Å². The molecule has 1 aromatic heterocycles. The Bertz CT molecular complexity index is 316. The van der Waals surface area contributed by atoms with E-state index in [0.29, 0.717) is 18.7 Å². The highest BCUT2D eigenvalue weighted by atomic mass is 15.2. The smallest absolute Gasteiger partial charge is 0.151 e. The minimum Gasteiger partial charge on any atom is -0.396 e. The standard InChI is InChI=1S/C9H12N4/c1-13(7-3-5-10)9-8(11)4-2-6-12-9/h2,4,6H,3,7,11H2,1H3. The van der Waals surface area contributed by atoms with E-state index < -0.39 is 0 Å². The van der Waals surface area contributed by atoms with E-state index >= 15 is 0 Å². The van der Waals surface area contributed by atoms with Crippen LogP contribution in [0, 0.1) is 11.3 Å². The molecular weight excluding hydrogens is 164 g/mol. The lowest BCUT2D eigenvalue weighted by Crippen LogP contribution is -2.20. The monoisotopic (exact) mass is 176 g/mol. The number of rotatable bonds is 3. The average molecular weight is 176 g/mol. The van der Waals surface area contributed by atoms with Crippen LogP contribution in [-0.4, -0.2) is 18.6 Å². The molecule has 0 saturated heterocycles. The molecule has 0 amide bonds. The number of anilines is 2. The number of aromatic nitrogens is 1. The van der Waals surface area contributed by atoms with Crippen LogP contribution in [0.1, 0.15) is 6.42 Å². The van der Waals surface area contributed by atoms with Gasteiger partial charge in [-0.3, -0.25) is 0 Å². The second kappa shape index (κ2) is 4.31. The zero-order valence-corrected chi connectivity index (χ0v) is 7.57. The predicted octanol–water partition coefficient (Wildman–Crippen LogP) is 1.01.